The van der Waals surface area contributed by atoms with Crippen LogP contribution < -0.4 is 16.6 Å². The van der Waals surface area contributed by atoms with Crippen molar-refractivity contribution in [1.82, 2.24) is 15.8 Å². The molecular formula is C31H39N5O2. The Labute approximate surface area is 225 Å². The molecule has 0 saturated heterocycles. The van der Waals surface area contributed by atoms with Crippen molar-refractivity contribution in [1.29, 1.82) is 0 Å². The van der Waals surface area contributed by atoms with Crippen LogP contribution in [0.4, 0.5) is 0 Å². The van der Waals surface area contributed by atoms with Crippen LogP contribution >= 0.6 is 0 Å². The number of benzene rings is 2. The summed E-state index contributed by atoms with van der Waals surface area (Å²) in [6.07, 6.45) is 3.34. The van der Waals surface area contributed by atoms with Gasteiger partial charge < -0.3 is 16.1 Å². The summed E-state index contributed by atoms with van der Waals surface area (Å²) in [7, 11) is 0. The summed E-state index contributed by atoms with van der Waals surface area (Å²) in [6.45, 7) is 9.23. The molecule has 200 valence electrons. The van der Waals surface area contributed by atoms with E-state index < -0.39 is 0 Å². The van der Waals surface area contributed by atoms with Gasteiger partial charge in [-0.1, -0.05) is 67.4 Å². The summed E-state index contributed by atoms with van der Waals surface area (Å²) in [5, 5.41) is 0. The highest BCUT2D eigenvalue weighted by molar-refractivity contribution is 6.00. The predicted octanol–water partition coefficient (Wildman–Crippen LogP) is 4.10. The van der Waals surface area contributed by atoms with Gasteiger partial charge in [0.2, 0.25) is 0 Å². The predicted molar refractivity (Wildman–Crippen MR) is 153 cm³/mol. The number of carbonyl (C=O) groups is 2. The number of ketones is 1. The van der Waals surface area contributed by atoms with Gasteiger partial charge in [0.05, 0.1) is 6.04 Å². The maximum absolute atomic E-state index is 13.7. The number of aryl methyl sites for hydroxylation is 1. The maximum atomic E-state index is 13.7. The smallest absolute Gasteiger partial charge is 0.254 e. The molecular weight excluding hydrogens is 474 g/mol. The standard InChI is InChI=1S/C31H39N5O2/c1-20(2)28(36(16-8-15-32)31(38)24-13-11-21(3)12-14-24)30-33-29(34-35-30)26-19-25(27(37)17-22(26)4)18-23-9-6-5-7-10-23/h5-7,9-14,19-20,28-29,34H,8,15-18,32H2,1-4H3,(H,33,35). The lowest BCUT2D eigenvalue weighted by molar-refractivity contribution is -0.115. The molecule has 0 fully saturated rings. The second kappa shape index (κ2) is 12.3. The topological polar surface area (TPSA) is 99.8 Å². The molecule has 1 amide bonds. The van der Waals surface area contributed by atoms with Crippen molar-refractivity contribution in [3.05, 3.63) is 94.1 Å². The summed E-state index contributed by atoms with van der Waals surface area (Å²) >= 11 is 0. The van der Waals surface area contributed by atoms with E-state index in [2.05, 4.69) is 24.7 Å². The zero-order chi connectivity index (χ0) is 27.2. The van der Waals surface area contributed by atoms with Gasteiger partial charge >= 0.3 is 0 Å². The molecule has 2 aliphatic rings. The third-order valence-corrected chi connectivity index (χ3v) is 7.15. The van der Waals surface area contributed by atoms with Gasteiger partial charge in [0, 0.05) is 30.5 Å². The van der Waals surface area contributed by atoms with Crippen LogP contribution in [0.3, 0.4) is 0 Å². The zero-order valence-electron chi connectivity index (χ0n) is 22.8. The molecule has 2 unspecified atom stereocenters. The Morgan fingerprint density at radius 1 is 1.11 bits per heavy atom. The number of Topliss-reactive ketones (excluding diaryl/α,β-unsaturated/α-hetero) is 1. The quantitative estimate of drug-likeness (QED) is 0.444. The van der Waals surface area contributed by atoms with Crippen LogP contribution in [0.5, 0.6) is 0 Å². The summed E-state index contributed by atoms with van der Waals surface area (Å²) in [5.41, 5.74) is 18.1. The molecule has 7 heteroatoms. The van der Waals surface area contributed by atoms with Crippen molar-refractivity contribution in [2.24, 2.45) is 16.6 Å². The minimum absolute atomic E-state index is 0.0335. The third-order valence-electron chi connectivity index (χ3n) is 7.15. The number of nitrogens with one attached hydrogen (secondary N) is 2. The molecule has 0 spiro atoms. The fourth-order valence-electron chi connectivity index (χ4n) is 5.08. The SMILES string of the molecule is CC1=C(C2N=C(C(C(C)C)N(CCCN)C(=O)c3ccc(C)cc3)NN2)C=C(Cc2ccccc2)C(=O)C1. The average molecular weight is 514 g/mol. The minimum atomic E-state index is -0.337. The molecule has 1 heterocycles. The zero-order valence-corrected chi connectivity index (χ0v) is 22.8. The molecule has 2 aromatic rings. The van der Waals surface area contributed by atoms with E-state index in [1.807, 2.05) is 79.4 Å². The van der Waals surface area contributed by atoms with Gasteiger partial charge in [-0.05, 0) is 62.1 Å². The van der Waals surface area contributed by atoms with E-state index in [1.54, 1.807) is 0 Å². The Morgan fingerprint density at radius 2 is 1.82 bits per heavy atom. The lowest BCUT2D eigenvalue weighted by Gasteiger charge is -2.34. The number of amidine groups is 1. The molecule has 7 nitrogen and oxygen atoms in total. The number of allylic oxidation sites excluding steroid dienone is 2. The summed E-state index contributed by atoms with van der Waals surface area (Å²) < 4.78 is 0. The number of hydrazine groups is 1. The molecule has 38 heavy (non-hydrogen) atoms. The molecule has 0 radical (unpaired) electrons. The van der Waals surface area contributed by atoms with Crippen LogP contribution in [0.2, 0.25) is 0 Å². The van der Waals surface area contributed by atoms with Crippen molar-refractivity contribution in [3.8, 4) is 0 Å². The van der Waals surface area contributed by atoms with Crippen LogP contribution in [0.25, 0.3) is 0 Å². The Balaban J connectivity index is 1.62. The first-order valence-corrected chi connectivity index (χ1v) is 13.4. The number of nitrogens with two attached hydrogens (primary N) is 1. The monoisotopic (exact) mass is 513 g/mol. The Morgan fingerprint density at radius 3 is 2.47 bits per heavy atom. The van der Waals surface area contributed by atoms with E-state index >= 15 is 0 Å². The van der Waals surface area contributed by atoms with Crippen molar-refractivity contribution < 1.29 is 9.59 Å². The number of nitrogens with zero attached hydrogens (tertiary/aromatic N) is 2. The highest BCUT2D eigenvalue weighted by atomic mass is 16.2. The van der Waals surface area contributed by atoms with Crippen LogP contribution in [0, 0.1) is 12.8 Å². The number of aliphatic imine (C=N–C) groups is 1. The number of hydrogen-bond donors (Lipinski definition) is 3. The van der Waals surface area contributed by atoms with Crippen molar-refractivity contribution >= 4 is 17.5 Å². The summed E-state index contributed by atoms with van der Waals surface area (Å²) in [5.74, 6) is 0.953. The van der Waals surface area contributed by atoms with E-state index in [4.69, 9.17) is 10.7 Å². The van der Waals surface area contributed by atoms with Crippen LogP contribution in [0.1, 0.15) is 55.1 Å². The Hall–Kier alpha value is -3.55. The first-order chi connectivity index (χ1) is 18.3. The van der Waals surface area contributed by atoms with Crippen molar-refractivity contribution in [2.75, 3.05) is 13.1 Å². The van der Waals surface area contributed by atoms with Crippen molar-refractivity contribution in [3.63, 3.8) is 0 Å². The number of carbonyl (C=O) groups excluding carboxylic acids is 2. The van der Waals surface area contributed by atoms with Crippen molar-refractivity contribution in [2.45, 2.75) is 59.2 Å². The Kier molecular flexibility index (Phi) is 8.92. The van der Waals surface area contributed by atoms with Gasteiger partial charge in [0.25, 0.3) is 5.91 Å². The van der Waals surface area contributed by atoms with E-state index in [1.165, 1.54) is 0 Å². The lowest BCUT2D eigenvalue weighted by Crippen LogP contribution is -2.53. The third kappa shape index (κ3) is 6.29. The molecule has 2 atom stereocenters. The van der Waals surface area contributed by atoms with Gasteiger partial charge in [0.15, 0.2) is 5.78 Å². The van der Waals surface area contributed by atoms with E-state index in [0.29, 0.717) is 37.9 Å². The molecule has 0 bridgehead atoms. The van der Waals surface area contributed by atoms with E-state index in [-0.39, 0.29) is 29.8 Å². The van der Waals surface area contributed by atoms with Gasteiger partial charge in [-0.15, -0.1) is 0 Å². The largest absolute Gasteiger partial charge is 0.330 e. The molecule has 0 saturated carbocycles. The fourth-order valence-corrected chi connectivity index (χ4v) is 5.08. The number of hydrogen-bond acceptors (Lipinski definition) is 6. The normalized spacial score (nSPS) is 18.3. The van der Waals surface area contributed by atoms with E-state index in [0.717, 1.165) is 33.7 Å². The molecule has 2 aromatic carbocycles. The van der Waals surface area contributed by atoms with Gasteiger partial charge in [0.1, 0.15) is 12.0 Å². The second-order valence-corrected chi connectivity index (χ2v) is 10.5. The summed E-state index contributed by atoms with van der Waals surface area (Å²) in [6, 6.07) is 17.5. The first-order valence-electron chi connectivity index (χ1n) is 13.4. The molecule has 4 rings (SSSR count). The molecule has 1 aliphatic heterocycles. The second-order valence-electron chi connectivity index (χ2n) is 10.5. The van der Waals surface area contributed by atoms with E-state index in [9.17, 15) is 9.59 Å². The van der Waals surface area contributed by atoms with Crippen LogP contribution in [-0.4, -0.2) is 47.7 Å². The fraction of sp³-hybridized carbons (Fsp3) is 0.387. The van der Waals surface area contributed by atoms with Crippen LogP contribution in [-0.2, 0) is 11.2 Å². The maximum Gasteiger partial charge on any atom is 0.254 e. The number of amides is 1. The minimum Gasteiger partial charge on any atom is -0.330 e. The molecule has 1 aliphatic carbocycles. The van der Waals surface area contributed by atoms with Gasteiger partial charge in [-0.2, -0.15) is 0 Å². The highest BCUT2D eigenvalue weighted by Gasteiger charge is 2.35. The lowest BCUT2D eigenvalue weighted by atomic mass is 9.88. The Bertz CT molecular complexity index is 1240. The van der Waals surface area contributed by atoms with Crippen LogP contribution in [0.15, 0.2) is 82.4 Å². The van der Waals surface area contributed by atoms with Gasteiger partial charge in [-0.3, -0.25) is 9.59 Å². The first kappa shape index (κ1) is 27.5. The molecule has 0 aromatic heterocycles. The highest BCUT2D eigenvalue weighted by Crippen LogP contribution is 2.28. The molecule has 4 N–H and O–H groups in total. The number of rotatable bonds is 10. The summed E-state index contributed by atoms with van der Waals surface area (Å²) in [4.78, 5) is 33.4. The average Bonchev–Trinajstić information content (AvgIpc) is 3.37. The van der Waals surface area contributed by atoms with Gasteiger partial charge in [-0.25, -0.2) is 10.4 Å².